The average Bonchev–Trinajstić information content (AvgIpc) is 2.94. The van der Waals surface area contributed by atoms with E-state index in [4.69, 9.17) is 4.98 Å². The zero-order valence-corrected chi connectivity index (χ0v) is 12.9. The van der Waals surface area contributed by atoms with Crippen LogP contribution in [0.5, 0.6) is 0 Å². The maximum absolute atomic E-state index is 11.6. The Kier molecular flexibility index (Phi) is 3.06. The zero-order chi connectivity index (χ0) is 14.4. The Labute approximate surface area is 127 Å². The topological polar surface area (TPSA) is 58.1 Å². The minimum absolute atomic E-state index is 0.134. The van der Waals surface area contributed by atoms with Crippen LogP contribution < -0.4 is 10.2 Å². The third kappa shape index (κ3) is 2.18. The number of aromatic nitrogens is 2. The van der Waals surface area contributed by atoms with Gasteiger partial charge in [-0.05, 0) is 31.7 Å². The molecule has 5 nitrogen and oxygen atoms in total. The van der Waals surface area contributed by atoms with Crippen molar-refractivity contribution in [2.45, 2.75) is 32.6 Å². The van der Waals surface area contributed by atoms with Gasteiger partial charge >= 0.3 is 0 Å². The lowest BCUT2D eigenvalue weighted by Crippen LogP contribution is -2.29. The first-order chi connectivity index (χ1) is 10.2. The number of hydrogen-bond donors (Lipinski definition) is 1. The third-order valence-corrected chi connectivity index (χ3v) is 5.46. The molecule has 0 bridgehead atoms. The highest BCUT2D eigenvalue weighted by atomic mass is 32.1. The molecule has 1 saturated heterocycles. The number of hydrogen-bond acceptors (Lipinski definition) is 5. The maximum atomic E-state index is 11.6. The summed E-state index contributed by atoms with van der Waals surface area (Å²) < 4.78 is 0. The molecule has 1 fully saturated rings. The molecule has 2 aromatic rings. The van der Waals surface area contributed by atoms with Crippen LogP contribution in [0.1, 0.15) is 29.1 Å². The Morgan fingerprint density at radius 2 is 2.10 bits per heavy atom. The molecule has 110 valence electrons. The minimum atomic E-state index is 0.134. The summed E-state index contributed by atoms with van der Waals surface area (Å²) in [6, 6.07) is 0. The van der Waals surface area contributed by atoms with Crippen molar-refractivity contribution in [1.82, 2.24) is 15.3 Å². The van der Waals surface area contributed by atoms with E-state index in [0.717, 1.165) is 36.0 Å². The Balaban J connectivity index is 1.85. The van der Waals surface area contributed by atoms with Gasteiger partial charge in [0.15, 0.2) is 0 Å². The van der Waals surface area contributed by atoms with Crippen molar-refractivity contribution in [2.75, 3.05) is 24.5 Å². The number of fused-ring (bicyclic) bond motifs is 3. The van der Waals surface area contributed by atoms with Crippen LogP contribution in [-0.2, 0) is 17.6 Å². The molecule has 1 amide bonds. The van der Waals surface area contributed by atoms with Gasteiger partial charge in [0.05, 0.1) is 5.39 Å². The van der Waals surface area contributed by atoms with Gasteiger partial charge in [-0.1, -0.05) is 0 Å². The van der Waals surface area contributed by atoms with Gasteiger partial charge in [-0.15, -0.1) is 11.3 Å². The molecular weight excluding hydrogens is 284 g/mol. The van der Waals surface area contributed by atoms with Crippen LogP contribution >= 0.6 is 11.3 Å². The fraction of sp³-hybridized carbons (Fsp3) is 0.533. The molecule has 0 aromatic carbocycles. The Hall–Kier alpha value is -1.69. The number of aryl methyl sites for hydroxylation is 3. The highest BCUT2D eigenvalue weighted by Crippen LogP contribution is 2.40. The van der Waals surface area contributed by atoms with Gasteiger partial charge in [-0.3, -0.25) is 4.79 Å². The van der Waals surface area contributed by atoms with Crippen LogP contribution in [0.15, 0.2) is 0 Å². The number of thiophene rings is 1. The van der Waals surface area contributed by atoms with E-state index in [1.807, 2.05) is 18.3 Å². The molecule has 2 aromatic heterocycles. The predicted octanol–water partition coefficient (Wildman–Crippen LogP) is 1.81. The SMILES string of the molecule is Cc1nc(N2CCNC(=O)CC2)c2c3c(sc2n1)CCC3. The molecule has 0 atom stereocenters. The van der Waals surface area contributed by atoms with Crippen molar-refractivity contribution < 1.29 is 4.79 Å². The summed E-state index contributed by atoms with van der Waals surface area (Å²) in [4.78, 5) is 25.8. The second-order valence-electron chi connectivity index (χ2n) is 5.72. The second-order valence-corrected chi connectivity index (χ2v) is 6.80. The van der Waals surface area contributed by atoms with Crippen molar-refractivity contribution in [1.29, 1.82) is 0 Å². The summed E-state index contributed by atoms with van der Waals surface area (Å²) in [5.74, 6) is 1.99. The van der Waals surface area contributed by atoms with Crippen molar-refractivity contribution in [3.05, 3.63) is 16.3 Å². The highest BCUT2D eigenvalue weighted by Gasteiger charge is 2.25. The monoisotopic (exact) mass is 302 g/mol. The van der Waals surface area contributed by atoms with Gasteiger partial charge in [0.1, 0.15) is 16.5 Å². The fourth-order valence-corrected chi connectivity index (χ4v) is 4.59. The molecule has 6 heteroatoms. The van der Waals surface area contributed by atoms with E-state index in [2.05, 4.69) is 15.2 Å². The summed E-state index contributed by atoms with van der Waals surface area (Å²) in [6.07, 6.45) is 4.09. The summed E-state index contributed by atoms with van der Waals surface area (Å²) in [7, 11) is 0. The molecule has 1 aliphatic carbocycles. The van der Waals surface area contributed by atoms with Gasteiger partial charge in [-0.25, -0.2) is 9.97 Å². The highest BCUT2D eigenvalue weighted by molar-refractivity contribution is 7.19. The van der Waals surface area contributed by atoms with Gasteiger partial charge in [0, 0.05) is 30.9 Å². The minimum Gasteiger partial charge on any atom is -0.354 e. The molecule has 3 heterocycles. The molecule has 2 aliphatic rings. The quantitative estimate of drug-likeness (QED) is 0.873. The van der Waals surface area contributed by atoms with E-state index in [-0.39, 0.29) is 5.91 Å². The molecule has 1 N–H and O–H groups in total. The van der Waals surface area contributed by atoms with Crippen LogP contribution in [0.3, 0.4) is 0 Å². The van der Waals surface area contributed by atoms with E-state index in [9.17, 15) is 4.79 Å². The predicted molar refractivity (Wildman–Crippen MR) is 84.0 cm³/mol. The van der Waals surface area contributed by atoms with Gasteiger partial charge < -0.3 is 10.2 Å². The summed E-state index contributed by atoms with van der Waals surface area (Å²) in [5.41, 5.74) is 1.45. The van der Waals surface area contributed by atoms with Crippen molar-refractivity contribution in [3.63, 3.8) is 0 Å². The second kappa shape index (κ2) is 4.94. The largest absolute Gasteiger partial charge is 0.354 e. The van der Waals surface area contributed by atoms with Crippen LogP contribution in [0, 0.1) is 6.92 Å². The molecule has 21 heavy (non-hydrogen) atoms. The molecule has 0 unspecified atom stereocenters. The summed E-state index contributed by atoms with van der Waals surface area (Å²) in [6.45, 7) is 4.20. The van der Waals surface area contributed by atoms with Crippen LogP contribution in [0.2, 0.25) is 0 Å². The van der Waals surface area contributed by atoms with Crippen LogP contribution in [-0.4, -0.2) is 35.5 Å². The number of carbonyl (C=O) groups excluding carboxylic acids is 1. The lowest BCUT2D eigenvalue weighted by Gasteiger charge is -2.22. The standard InChI is InChI=1S/C15H18N4OS/c1-9-17-14(19-7-5-12(20)16-6-8-19)13-10-3-2-4-11(10)21-15(13)18-9/h2-8H2,1H3,(H,16,20). The molecular formula is C15H18N4OS. The molecule has 0 radical (unpaired) electrons. The van der Waals surface area contributed by atoms with Crippen LogP contribution in [0.25, 0.3) is 10.2 Å². The van der Waals surface area contributed by atoms with Gasteiger partial charge in [-0.2, -0.15) is 0 Å². The van der Waals surface area contributed by atoms with Gasteiger partial charge in [0.25, 0.3) is 0 Å². The van der Waals surface area contributed by atoms with Crippen molar-refractivity contribution in [3.8, 4) is 0 Å². The number of amides is 1. The molecule has 4 rings (SSSR count). The van der Waals surface area contributed by atoms with Crippen molar-refractivity contribution >= 4 is 33.3 Å². The van der Waals surface area contributed by atoms with Gasteiger partial charge in [0.2, 0.25) is 5.91 Å². The van der Waals surface area contributed by atoms with E-state index < -0.39 is 0 Å². The Morgan fingerprint density at radius 3 is 3.00 bits per heavy atom. The summed E-state index contributed by atoms with van der Waals surface area (Å²) >= 11 is 1.82. The number of nitrogens with zero attached hydrogens (tertiary/aromatic N) is 3. The first-order valence-electron chi connectivity index (χ1n) is 7.53. The number of anilines is 1. The number of carbonyl (C=O) groups is 1. The molecule has 0 spiro atoms. The number of nitrogens with one attached hydrogen (secondary N) is 1. The Bertz CT molecular complexity index is 724. The van der Waals surface area contributed by atoms with E-state index >= 15 is 0 Å². The first kappa shape index (κ1) is 13.0. The van der Waals surface area contributed by atoms with E-state index in [1.165, 1.54) is 28.7 Å². The normalized spacial score (nSPS) is 18.7. The van der Waals surface area contributed by atoms with E-state index in [0.29, 0.717) is 13.0 Å². The lowest BCUT2D eigenvalue weighted by atomic mass is 10.1. The van der Waals surface area contributed by atoms with Crippen LogP contribution in [0.4, 0.5) is 5.82 Å². The molecule has 0 saturated carbocycles. The Morgan fingerprint density at radius 1 is 1.19 bits per heavy atom. The molecule has 1 aliphatic heterocycles. The van der Waals surface area contributed by atoms with Crippen molar-refractivity contribution in [2.24, 2.45) is 0 Å². The maximum Gasteiger partial charge on any atom is 0.221 e. The fourth-order valence-electron chi connectivity index (χ4n) is 3.29. The van der Waals surface area contributed by atoms with E-state index in [1.54, 1.807) is 0 Å². The smallest absolute Gasteiger partial charge is 0.221 e. The average molecular weight is 302 g/mol. The number of rotatable bonds is 1. The zero-order valence-electron chi connectivity index (χ0n) is 12.1. The third-order valence-electron chi connectivity index (χ3n) is 4.27. The first-order valence-corrected chi connectivity index (χ1v) is 8.34. The summed E-state index contributed by atoms with van der Waals surface area (Å²) in [5, 5.41) is 4.17. The lowest BCUT2D eigenvalue weighted by molar-refractivity contribution is -0.120.